The van der Waals surface area contributed by atoms with Crippen molar-refractivity contribution < 1.29 is 17.6 Å². The molecule has 5 nitrogen and oxygen atoms in total. The van der Waals surface area contributed by atoms with Crippen LogP contribution in [-0.4, -0.2) is 14.3 Å². The highest BCUT2D eigenvalue weighted by Crippen LogP contribution is 2.22. The van der Waals surface area contributed by atoms with Crippen LogP contribution in [0.2, 0.25) is 5.02 Å². The maximum atomic E-state index is 13.1. The minimum atomic E-state index is -3.75. The van der Waals surface area contributed by atoms with Crippen LogP contribution >= 0.6 is 11.6 Å². The normalized spacial score (nSPS) is 11.0. The van der Waals surface area contributed by atoms with Crippen molar-refractivity contribution in [3.63, 3.8) is 0 Å². The lowest BCUT2D eigenvalue weighted by atomic mass is 10.2. The Labute approximate surface area is 160 Å². The summed E-state index contributed by atoms with van der Waals surface area (Å²) in [4.78, 5) is 12.4. The number of anilines is 2. The molecule has 1 amide bonds. The van der Waals surface area contributed by atoms with Gasteiger partial charge in [-0.1, -0.05) is 35.9 Å². The van der Waals surface area contributed by atoms with Crippen LogP contribution in [0.1, 0.15) is 10.4 Å². The van der Waals surface area contributed by atoms with Crippen molar-refractivity contribution in [1.29, 1.82) is 0 Å². The summed E-state index contributed by atoms with van der Waals surface area (Å²) in [6, 6.07) is 17.6. The molecular weight excluding hydrogens is 391 g/mol. The molecule has 0 radical (unpaired) electrons. The average molecular weight is 405 g/mol. The highest BCUT2D eigenvalue weighted by molar-refractivity contribution is 7.92. The fourth-order valence-electron chi connectivity index (χ4n) is 2.35. The molecule has 0 saturated heterocycles. The molecule has 3 rings (SSSR count). The third kappa shape index (κ3) is 4.64. The number of hydrogen-bond acceptors (Lipinski definition) is 3. The molecule has 0 unspecified atom stereocenters. The van der Waals surface area contributed by atoms with Gasteiger partial charge in [0.2, 0.25) is 0 Å². The second-order valence-electron chi connectivity index (χ2n) is 5.58. The Hall–Kier alpha value is -2.90. The van der Waals surface area contributed by atoms with Gasteiger partial charge in [-0.05, 0) is 48.5 Å². The monoisotopic (exact) mass is 404 g/mol. The van der Waals surface area contributed by atoms with Crippen molar-refractivity contribution in [3.05, 3.63) is 89.2 Å². The Balaban J connectivity index is 1.79. The van der Waals surface area contributed by atoms with Gasteiger partial charge in [0, 0.05) is 5.69 Å². The van der Waals surface area contributed by atoms with E-state index in [0.29, 0.717) is 5.69 Å². The smallest absolute Gasteiger partial charge is 0.261 e. The number of nitrogens with one attached hydrogen (secondary N) is 2. The van der Waals surface area contributed by atoms with Crippen LogP contribution in [0.15, 0.2) is 77.7 Å². The van der Waals surface area contributed by atoms with Gasteiger partial charge in [-0.3, -0.25) is 9.52 Å². The lowest BCUT2D eigenvalue weighted by Gasteiger charge is -2.11. The molecule has 138 valence electrons. The maximum Gasteiger partial charge on any atom is 0.261 e. The molecule has 0 aliphatic carbocycles. The van der Waals surface area contributed by atoms with Crippen molar-refractivity contribution in [2.24, 2.45) is 0 Å². The van der Waals surface area contributed by atoms with E-state index in [4.69, 9.17) is 11.6 Å². The quantitative estimate of drug-likeness (QED) is 0.655. The predicted octanol–water partition coefficient (Wildman–Crippen LogP) is 4.53. The third-order valence-electron chi connectivity index (χ3n) is 3.60. The molecule has 0 fully saturated rings. The molecule has 3 aromatic carbocycles. The molecule has 0 aliphatic heterocycles. The van der Waals surface area contributed by atoms with Gasteiger partial charge in [-0.25, -0.2) is 12.8 Å². The van der Waals surface area contributed by atoms with Gasteiger partial charge >= 0.3 is 0 Å². The molecule has 27 heavy (non-hydrogen) atoms. The molecule has 2 N–H and O–H groups in total. The van der Waals surface area contributed by atoms with Crippen LogP contribution in [0.3, 0.4) is 0 Å². The zero-order valence-electron chi connectivity index (χ0n) is 13.8. The first-order valence-electron chi connectivity index (χ1n) is 7.79. The topological polar surface area (TPSA) is 75.3 Å². The Bertz CT molecular complexity index is 1090. The van der Waals surface area contributed by atoms with Crippen LogP contribution in [0.5, 0.6) is 0 Å². The van der Waals surface area contributed by atoms with E-state index in [9.17, 15) is 17.6 Å². The van der Waals surface area contributed by atoms with Crippen LogP contribution in [-0.2, 0) is 10.0 Å². The van der Waals surface area contributed by atoms with E-state index in [-0.39, 0.29) is 21.2 Å². The van der Waals surface area contributed by atoms with Gasteiger partial charge in [0.15, 0.2) is 0 Å². The van der Waals surface area contributed by atoms with E-state index < -0.39 is 21.7 Å². The van der Waals surface area contributed by atoms with Crippen LogP contribution < -0.4 is 10.0 Å². The number of sulfonamides is 1. The SMILES string of the molecule is O=C(Nc1cccc(NS(=O)(=O)c2ccccc2)c1)c1ccc(F)cc1Cl. The maximum absolute atomic E-state index is 13.1. The summed E-state index contributed by atoms with van der Waals surface area (Å²) in [5.74, 6) is -1.09. The first-order chi connectivity index (χ1) is 12.8. The summed E-state index contributed by atoms with van der Waals surface area (Å²) >= 11 is 5.88. The Morgan fingerprint density at radius 3 is 2.30 bits per heavy atom. The number of carbonyl (C=O) groups excluding carboxylic acids is 1. The Morgan fingerprint density at radius 1 is 0.889 bits per heavy atom. The zero-order chi connectivity index (χ0) is 19.4. The van der Waals surface area contributed by atoms with E-state index in [2.05, 4.69) is 10.0 Å². The van der Waals surface area contributed by atoms with Gasteiger partial charge in [-0.15, -0.1) is 0 Å². The number of hydrogen-bond donors (Lipinski definition) is 2. The summed E-state index contributed by atoms with van der Waals surface area (Å²) < 4.78 is 40.3. The predicted molar refractivity (Wildman–Crippen MR) is 103 cm³/mol. The standard InChI is InChI=1S/C19H14ClFN2O3S/c20-18-11-13(21)9-10-17(18)19(24)22-14-5-4-6-15(12-14)23-27(25,26)16-7-2-1-3-8-16/h1-12,23H,(H,22,24). The number of carbonyl (C=O) groups is 1. The molecule has 0 spiro atoms. The van der Waals surface area contributed by atoms with Crippen molar-refractivity contribution in [2.75, 3.05) is 10.0 Å². The molecule has 0 bridgehead atoms. The van der Waals surface area contributed by atoms with Gasteiger partial charge in [0.1, 0.15) is 5.82 Å². The summed E-state index contributed by atoms with van der Waals surface area (Å²) in [7, 11) is -3.75. The van der Waals surface area contributed by atoms with E-state index in [1.54, 1.807) is 36.4 Å². The first kappa shape index (κ1) is 18.9. The van der Waals surface area contributed by atoms with Crippen LogP contribution in [0.4, 0.5) is 15.8 Å². The molecular formula is C19H14ClFN2O3S. The molecule has 0 heterocycles. The van der Waals surface area contributed by atoms with E-state index >= 15 is 0 Å². The van der Waals surface area contributed by atoms with E-state index in [1.165, 1.54) is 24.3 Å². The molecule has 0 atom stereocenters. The second kappa shape index (κ2) is 7.77. The van der Waals surface area contributed by atoms with E-state index in [1.807, 2.05) is 0 Å². The molecule has 8 heteroatoms. The fourth-order valence-corrected chi connectivity index (χ4v) is 3.67. The van der Waals surface area contributed by atoms with Crippen LogP contribution in [0.25, 0.3) is 0 Å². The van der Waals surface area contributed by atoms with Gasteiger partial charge in [0.25, 0.3) is 15.9 Å². The molecule has 0 aromatic heterocycles. The summed E-state index contributed by atoms with van der Waals surface area (Å²) in [5.41, 5.74) is 0.740. The second-order valence-corrected chi connectivity index (χ2v) is 7.67. The Kier molecular flexibility index (Phi) is 5.43. The number of rotatable bonds is 5. The average Bonchev–Trinajstić information content (AvgIpc) is 2.62. The van der Waals surface area contributed by atoms with Crippen molar-refractivity contribution in [3.8, 4) is 0 Å². The van der Waals surface area contributed by atoms with E-state index in [0.717, 1.165) is 12.1 Å². The lowest BCUT2D eigenvalue weighted by molar-refractivity contribution is 0.102. The third-order valence-corrected chi connectivity index (χ3v) is 5.31. The number of amides is 1. The highest BCUT2D eigenvalue weighted by atomic mass is 35.5. The molecule has 3 aromatic rings. The lowest BCUT2D eigenvalue weighted by Crippen LogP contribution is -2.14. The minimum absolute atomic E-state index is 0.0200. The zero-order valence-corrected chi connectivity index (χ0v) is 15.4. The van der Waals surface area contributed by atoms with Gasteiger partial charge < -0.3 is 5.32 Å². The largest absolute Gasteiger partial charge is 0.322 e. The molecule has 0 saturated carbocycles. The van der Waals surface area contributed by atoms with Gasteiger partial charge in [-0.2, -0.15) is 0 Å². The van der Waals surface area contributed by atoms with Crippen LogP contribution in [0, 0.1) is 5.82 Å². The summed E-state index contributed by atoms with van der Waals surface area (Å²) in [6.45, 7) is 0. The number of benzene rings is 3. The summed E-state index contributed by atoms with van der Waals surface area (Å²) in [5, 5.41) is 2.58. The minimum Gasteiger partial charge on any atom is -0.322 e. The number of halogens is 2. The fraction of sp³-hybridized carbons (Fsp3) is 0. The highest BCUT2D eigenvalue weighted by Gasteiger charge is 2.15. The van der Waals surface area contributed by atoms with Crippen molar-refractivity contribution >= 4 is 38.9 Å². The van der Waals surface area contributed by atoms with Crippen molar-refractivity contribution in [1.82, 2.24) is 0 Å². The van der Waals surface area contributed by atoms with Gasteiger partial charge in [0.05, 0.1) is 21.2 Å². The Morgan fingerprint density at radius 2 is 1.59 bits per heavy atom. The molecule has 0 aliphatic rings. The summed E-state index contributed by atoms with van der Waals surface area (Å²) in [6.07, 6.45) is 0. The first-order valence-corrected chi connectivity index (χ1v) is 9.65. The van der Waals surface area contributed by atoms with Crippen molar-refractivity contribution in [2.45, 2.75) is 4.90 Å².